The minimum atomic E-state index is 0.401. The summed E-state index contributed by atoms with van der Waals surface area (Å²) in [6, 6.07) is 21.1. The Morgan fingerprint density at radius 1 is 0.724 bits per heavy atom. The molecule has 29 heavy (non-hydrogen) atoms. The first-order chi connectivity index (χ1) is 14.3. The molecule has 160 valence electrons. The highest BCUT2D eigenvalue weighted by Crippen LogP contribution is 2.06. The van der Waals surface area contributed by atoms with Crippen LogP contribution in [0.3, 0.4) is 0 Å². The first kappa shape index (κ1) is 23.6. The van der Waals surface area contributed by atoms with Crippen LogP contribution in [0, 0.1) is 5.92 Å². The standard InChI is InChI=1S/C25H38N2O2/c1-22(2)25(21-29-20-24-13-7-4-8-14-24)27-16-10-9-15-26-17-18-28-19-23-11-5-3-6-12-23/h3-8,11-14,22,25-27H,9-10,15-21H2,1-2H3. The molecule has 0 bridgehead atoms. The van der Waals surface area contributed by atoms with Crippen LogP contribution < -0.4 is 10.6 Å². The number of benzene rings is 2. The van der Waals surface area contributed by atoms with E-state index in [1.165, 1.54) is 24.0 Å². The molecule has 4 heteroatoms. The van der Waals surface area contributed by atoms with Crippen molar-refractivity contribution in [2.24, 2.45) is 5.92 Å². The van der Waals surface area contributed by atoms with Gasteiger partial charge in [-0.15, -0.1) is 0 Å². The van der Waals surface area contributed by atoms with E-state index in [9.17, 15) is 0 Å². The van der Waals surface area contributed by atoms with Crippen molar-refractivity contribution < 1.29 is 9.47 Å². The van der Waals surface area contributed by atoms with Gasteiger partial charge >= 0.3 is 0 Å². The van der Waals surface area contributed by atoms with E-state index in [-0.39, 0.29) is 0 Å². The van der Waals surface area contributed by atoms with Crippen molar-refractivity contribution in [3.8, 4) is 0 Å². The smallest absolute Gasteiger partial charge is 0.0717 e. The summed E-state index contributed by atoms with van der Waals surface area (Å²) in [5, 5.41) is 7.11. The molecule has 0 aliphatic heterocycles. The average molecular weight is 399 g/mol. The van der Waals surface area contributed by atoms with E-state index in [1.807, 2.05) is 24.3 Å². The van der Waals surface area contributed by atoms with Crippen LogP contribution in [-0.2, 0) is 22.7 Å². The van der Waals surface area contributed by atoms with Gasteiger partial charge in [-0.3, -0.25) is 0 Å². The number of hydrogen-bond acceptors (Lipinski definition) is 4. The van der Waals surface area contributed by atoms with E-state index in [2.05, 4.69) is 60.9 Å². The summed E-state index contributed by atoms with van der Waals surface area (Å²) in [7, 11) is 0. The fourth-order valence-corrected chi connectivity index (χ4v) is 3.06. The predicted octanol–water partition coefficient (Wildman–Crippen LogP) is 4.40. The zero-order valence-corrected chi connectivity index (χ0v) is 18.1. The Balaban J connectivity index is 1.43. The zero-order valence-electron chi connectivity index (χ0n) is 18.1. The maximum absolute atomic E-state index is 5.92. The van der Waals surface area contributed by atoms with Gasteiger partial charge < -0.3 is 20.1 Å². The summed E-state index contributed by atoms with van der Waals surface area (Å²) in [6.07, 6.45) is 2.33. The van der Waals surface area contributed by atoms with Crippen LogP contribution in [0.15, 0.2) is 60.7 Å². The van der Waals surface area contributed by atoms with Crippen molar-refractivity contribution >= 4 is 0 Å². The second-order valence-electron chi connectivity index (χ2n) is 7.80. The van der Waals surface area contributed by atoms with Crippen molar-refractivity contribution in [2.75, 3.05) is 32.8 Å². The molecule has 0 aliphatic carbocycles. The van der Waals surface area contributed by atoms with Gasteiger partial charge in [-0.2, -0.15) is 0 Å². The topological polar surface area (TPSA) is 42.5 Å². The first-order valence-corrected chi connectivity index (χ1v) is 10.9. The molecule has 2 N–H and O–H groups in total. The second-order valence-corrected chi connectivity index (χ2v) is 7.80. The van der Waals surface area contributed by atoms with Crippen LogP contribution in [0.5, 0.6) is 0 Å². The third-order valence-corrected chi connectivity index (χ3v) is 4.94. The molecule has 2 aromatic rings. The summed E-state index contributed by atoms with van der Waals surface area (Å²) in [4.78, 5) is 0. The third-order valence-electron chi connectivity index (χ3n) is 4.94. The Labute approximate surface area is 177 Å². The Hall–Kier alpha value is -1.72. The Bertz CT molecular complexity index is 619. The van der Waals surface area contributed by atoms with Crippen molar-refractivity contribution in [2.45, 2.75) is 45.9 Å². The van der Waals surface area contributed by atoms with Gasteiger partial charge in [0.25, 0.3) is 0 Å². The number of ether oxygens (including phenoxy) is 2. The van der Waals surface area contributed by atoms with Crippen LogP contribution in [0.25, 0.3) is 0 Å². The molecule has 2 rings (SSSR count). The molecule has 0 spiro atoms. The minimum absolute atomic E-state index is 0.401. The van der Waals surface area contributed by atoms with Gasteiger partial charge in [0.2, 0.25) is 0 Å². The number of unbranched alkanes of at least 4 members (excludes halogenated alkanes) is 1. The highest BCUT2D eigenvalue weighted by molar-refractivity contribution is 5.14. The first-order valence-electron chi connectivity index (χ1n) is 10.9. The molecule has 4 nitrogen and oxygen atoms in total. The molecule has 0 fully saturated rings. The lowest BCUT2D eigenvalue weighted by Gasteiger charge is -2.22. The lowest BCUT2D eigenvalue weighted by Crippen LogP contribution is -2.38. The van der Waals surface area contributed by atoms with Crippen molar-refractivity contribution in [1.29, 1.82) is 0 Å². The van der Waals surface area contributed by atoms with Crippen LogP contribution in [0.1, 0.15) is 37.8 Å². The molecular formula is C25H38N2O2. The highest BCUT2D eigenvalue weighted by Gasteiger charge is 2.12. The normalized spacial score (nSPS) is 12.4. The van der Waals surface area contributed by atoms with Crippen molar-refractivity contribution in [3.05, 3.63) is 71.8 Å². The molecule has 0 aromatic heterocycles. The molecular weight excluding hydrogens is 360 g/mol. The van der Waals surface area contributed by atoms with Gasteiger partial charge in [-0.1, -0.05) is 74.5 Å². The maximum atomic E-state index is 5.92. The van der Waals surface area contributed by atoms with Crippen molar-refractivity contribution in [3.63, 3.8) is 0 Å². The molecule has 2 aromatic carbocycles. The van der Waals surface area contributed by atoms with Gasteiger partial charge in [0, 0.05) is 12.6 Å². The number of rotatable bonds is 16. The van der Waals surface area contributed by atoms with E-state index >= 15 is 0 Å². The fourth-order valence-electron chi connectivity index (χ4n) is 3.06. The quantitative estimate of drug-likeness (QED) is 0.411. The van der Waals surface area contributed by atoms with Gasteiger partial charge in [0.1, 0.15) is 0 Å². The van der Waals surface area contributed by atoms with Gasteiger partial charge in [-0.25, -0.2) is 0 Å². The molecule has 1 atom stereocenters. The summed E-state index contributed by atoms with van der Waals surface area (Å²) >= 11 is 0. The SMILES string of the molecule is CC(C)C(COCc1ccccc1)NCCCCNCCOCc1ccccc1. The highest BCUT2D eigenvalue weighted by atomic mass is 16.5. The molecule has 0 aliphatic rings. The molecule has 0 amide bonds. The summed E-state index contributed by atoms with van der Waals surface area (Å²) < 4.78 is 11.6. The van der Waals surface area contributed by atoms with Crippen LogP contribution in [-0.4, -0.2) is 38.9 Å². The van der Waals surface area contributed by atoms with E-state index in [1.54, 1.807) is 0 Å². The zero-order chi connectivity index (χ0) is 20.6. The second kappa shape index (κ2) is 15.2. The van der Waals surface area contributed by atoms with E-state index in [0.29, 0.717) is 25.2 Å². The number of nitrogens with one attached hydrogen (secondary N) is 2. The van der Waals surface area contributed by atoms with Crippen molar-refractivity contribution in [1.82, 2.24) is 10.6 Å². The summed E-state index contributed by atoms with van der Waals surface area (Å²) in [5.74, 6) is 0.561. The third kappa shape index (κ3) is 11.1. The number of hydrogen-bond donors (Lipinski definition) is 2. The van der Waals surface area contributed by atoms with Gasteiger partial charge in [-0.05, 0) is 43.0 Å². The summed E-state index contributed by atoms with van der Waals surface area (Å²) in [5.41, 5.74) is 2.46. The van der Waals surface area contributed by atoms with E-state index in [4.69, 9.17) is 9.47 Å². The molecule has 0 heterocycles. The lowest BCUT2D eigenvalue weighted by molar-refractivity contribution is 0.0861. The molecule has 0 radical (unpaired) electrons. The van der Waals surface area contributed by atoms with E-state index in [0.717, 1.165) is 32.8 Å². The van der Waals surface area contributed by atoms with Crippen LogP contribution in [0.4, 0.5) is 0 Å². The van der Waals surface area contributed by atoms with Gasteiger partial charge in [0.15, 0.2) is 0 Å². The van der Waals surface area contributed by atoms with Gasteiger partial charge in [0.05, 0.1) is 26.4 Å². The largest absolute Gasteiger partial charge is 0.375 e. The molecule has 1 unspecified atom stereocenters. The fraction of sp³-hybridized carbons (Fsp3) is 0.520. The van der Waals surface area contributed by atoms with Crippen LogP contribution >= 0.6 is 0 Å². The van der Waals surface area contributed by atoms with Crippen LogP contribution in [0.2, 0.25) is 0 Å². The Morgan fingerprint density at radius 3 is 1.93 bits per heavy atom. The predicted molar refractivity (Wildman–Crippen MR) is 121 cm³/mol. The average Bonchev–Trinajstić information content (AvgIpc) is 2.75. The maximum Gasteiger partial charge on any atom is 0.0717 e. The Kier molecular flexibility index (Phi) is 12.3. The minimum Gasteiger partial charge on any atom is -0.375 e. The molecule has 0 saturated heterocycles. The Morgan fingerprint density at radius 2 is 1.31 bits per heavy atom. The summed E-state index contributed by atoms with van der Waals surface area (Å²) in [6.45, 7) is 10.3. The monoisotopic (exact) mass is 398 g/mol. The molecule has 0 saturated carbocycles. The van der Waals surface area contributed by atoms with E-state index < -0.39 is 0 Å². The lowest BCUT2D eigenvalue weighted by atomic mass is 10.1.